The average Bonchev–Trinajstić information content (AvgIpc) is 2.41. The summed E-state index contributed by atoms with van der Waals surface area (Å²) in [5.74, 6) is -1.94. The number of carboxylic acid groups (broad SMARTS) is 1. The molecular weight excluding hydrogens is 284 g/mol. The van der Waals surface area contributed by atoms with Crippen molar-refractivity contribution >= 4 is 17.8 Å². The van der Waals surface area contributed by atoms with Crippen molar-refractivity contribution in [3.05, 3.63) is 35.9 Å². The molecule has 0 aliphatic rings. The normalized spacial score (nSPS) is 12.3. The summed E-state index contributed by atoms with van der Waals surface area (Å²) in [6.07, 6.45) is 0.293. The van der Waals surface area contributed by atoms with Crippen molar-refractivity contribution in [2.75, 3.05) is 6.54 Å². The van der Waals surface area contributed by atoms with Gasteiger partial charge in [-0.3, -0.25) is 9.59 Å². The number of hydrogen-bond acceptors (Lipinski definition) is 3. The Balaban J connectivity index is 2.55. The van der Waals surface area contributed by atoms with Crippen LogP contribution in [-0.4, -0.2) is 29.4 Å². The molecule has 1 aromatic carbocycles. The molecule has 0 aromatic heterocycles. The molecule has 0 aliphatic heterocycles. The number of rotatable bonds is 6. The molecule has 1 aromatic rings. The highest BCUT2D eigenvalue weighted by molar-refractivity contribution is 5.88. The Bertz CT molecular complexity index is 535. The van der Waals surface area contributed by atoms with E-state index in [-0.39, 0.29) is 17.9 Å². The lowest BCUT2D eigenvalue weighted by atomic mass is 9.92. The summed E-state index contributed by atoms with van der Waals surface area (Å²) >= 11 is 0. The van der Waals surface area contributed by atoms with Gasteiger partial charge in [-0.25, -0.2) is 4.79 Å². The molecule has 0 saturated carbocycles. The van der Waals surface area contributed by atoms with Crippen LogP contribution in [0.1, 0.15) is 38.8 Å². The van der Waals surface area contributed by atoms with Gasteiger partial charge in [0.2, 0.25) is 11.8 Å². The molecular formula is C16H22N2O4. The maximum atomic E-state index is 11.8. The van der Waals surface area contributed by atoms with Crippen molar-refractivity contribution in [3.63, 3.8) is 0 Å². The van der Waals surface area contributed by atoms with Crippen LogP contribution in [0, 0.1) is 5.41 Å². The fourth-order valence-corrected chi connectivity index (χ4v) is 1.87. The number of hydrogen-bond donors (Lipinski definition) is 3. The lowest BCUT2D eigenvalue weighted by Crippen LogP contribution is -2.41. The Morgan fingerprint density at radius 2 is 1.68 bits per heavy atom. The van der Waals surface area contributed by atoms with E-state index in [0.717, 1.165) is 0 Å². The molecule has 0 radical (unpaired) electrons. The summed E-state index contributed by atoms with van der Waals surface area (Å²) in [6, 6.07) is 7.27. The first-order chi connectivity index (χ1) is 10.2. The number of carbonyl (C=O) groups is 3. The molecule has 0 aliphatic carbocycles. The van der Waals surface area contributed by atoms with Gasteiger partial charge in [-0.1, -0.05) is 51.1 Å². The van der Waals surface area contributed by atoms with Gasteiger partial charge in [-0.2, -0.15) is 0 Å². The van der Waals surface area contributed by atoms with E-state index in [4.69, 9.17) is 0 Å². The molecule has 1 atom stereocenters. The highest BCUT2D eigenvalue weighted by atomic mass is 16.4. The maximum Gasteiger partial charge on any atom is 0.330 e. The molecule has 0 fully saturated rings. The standard InChI is InChI=1S/C16H22N2O4/c1-16(2,3)9-12(19)17-10-13(20)18-14(15(21)22)11-7-5-4-6-8-11/h4-8,14H,9-10H2,1-3H3,(H,17,19)(H,18,20)(H,21,22)/t14-/m0/s1. The van der Waals surface area contributed by atoms with Crippen molar-refractivity contribution in [1.29, 1.82) is 0 Å². The van der Waals surface area contributed by atoms with Crippen LogP contribution in [0.2, 0.25) is 0 Å². The van der Waals surface area contributed by atoms with Crippen molar-refractivity contribution in [1.82, 2.24) is 10.6 Å². The summed E-state index contributed by atoms with van der Waals surface area (Å²) in [6.45, 7) is 5.51. The van der Waals surface area contributed by atoms with Crippen molar-refractivity contribution < 1.29 is 19.5 Å². The van der Waals surface area contributed by atoms with Gasteiger partial charge in [0.25, 0.3) is 0 Å². The van der Waals surface area contributed by atoms with Gasteiger partial charge in [0.1, 0.15) is 0 Å². The molecule has 6 nitrogen and oxygen atoms in total. The molecule has 1 rings (SSSR count). The number of carbonyl (C=O) groups excluding carboxylic acids is 2. The van der Waals surface area contributed by atoms with E-state index in [9.17, 15) is 19.5 Å². The lowest BCUT2D eigenvalue weighted by Gasteiger charge is -2.18. The molecule has 2 amide bonds. The molecule has 0 spiro atoms. The van der Waals surface area contributed by atoms with Gasteiger partial charge < -0.3 is 15.7 Å². The summed E-state index contributed by atoms with van der Waals surface area (Å²) in [5.41, 5.74) is 0.304. The monoisotopic (exact) mass is 306 g/mol. The number of benzene rings is 1. The number of aliphatic carboxylic acids is 1. The molecule has 0 bridgehead atoms. The summed E-state index contributed by atoms with van der Waals surface area (Å²) in [5, 5.41) is 14.1. The van der Waals surface area contributed by atoms with Crippen LogP contribution < -0.4 is 10.6 Å². The predicted molar refractivity (Wildman–Crippen MR) is 82.0 cm³/mol. The van der Waals surface area contributed by atoms with Gasteiger partial charge in [0, 0.05) is 6.42 Å². The molecule has 0 unspecified atom stereocenters. The number of nitrogens with one attached hydrogen (secondary N) is 2. The van der Waals surface area contributed by atoms with E-state index in [1.165, 1.54) is 0 Å². The molecule has 0 saturated heterocycles. The second-order valence-corrected chi connectivity index (χ2v) is 6.26. The first-order valence-corrected chi connectivity index (χ1v) is 7.03. The van der Waals surface area contributed by atoms with E-state index in [1.54, 1.807) is 30.3 Å². The minimum absolute atomic E-state index is 0.172. The first-order valence-electron chi connectivity index (χ1n) is 7.03. The maximum absolute atomic E-state index is 11.8. The van der Waals surface area contributed by atoms with E-state index in [1.807, 2.05) is 20.8 Å². The van der Waals surface area contributed by atoms with Crippen molar-refractivity contribution in [2.45, 2.75) is 33.2 Å². The van der Waals surface area contributed by atoms with E-state index < -0.39 is 17.9 Å². The quantitative estimate of drug-likeness (QED) is 0.742. The Morgan fingerprint density at radius 1 is 1.09 bits per heavy atom. The Kier molecular flexibility index (Phi) is 6.10. The van der Waals surface area contributed by atoms with Gasteiger partial charge in [0.05, 0.1) is 6.54 Å². The summed E-state index contributed by atoms with van der Waals surface area (Å²) < 4.78 is 0. The Morgan fingerprint density at radius 3 is 2.18 bits per heavy atom. The van der Waals surface area contributed by atoms with E-state index in [2.05, 4.69) is 10.6 Å². The second kappa shape index (κ2) is 7.59. The minimum atomic E-state index is -1.15. The molecule has 22 heavy (non-hydrogen) atoms. The first kappa shape index (κ1) is 17.7. The van der Waals surface area contributed by atoms with E-state index >= 15 is 0 Å². The third-order valence-corrected chi connectivity index (χ3v) is 2.82. The van der Waals surface area contributed by atoms with Crippen molar-refractivity contribution in [3.8, 4) is 0 Å². The van der Waals surface area contributed by atoms with Gasteiger partial charge in [-0.05, 0) is 11.0 Å². The largest absolute Gasteiger partial charge is 0.479 e. The molecule has 120 valence electrons. The van der Waals surface area contributed by atoms with Crippen LogP contribution in [0.4, 0.5) is 0 Å². The van der Waals surface area contributed by atoms with Crippen molar-refractivity contribution in [2.24, 2.45) is 5.41 Å². The fourth-order valence-electron chi connectivity index (χ4n) is 1.87. The fraction of sp³-hybridized carbons (Fsp3) is 0.438. The van der Waals surface area contributed by atoms with Crippen LogP contribution in [0.25, 0.3) is 0 Å². The third kappa shape index (κ3) is 6.39. The zero-order chi connectivity index (χ0) is 16.8. The zero-order valence-corrected chi connectivity index (χ0v) is 13.1. The molecule has 3 N–H and O–H groups in total. The minimum Gasteiger partial charge on any atom is -0.479 e. The average molecular weight is 306 g/mol. The highest BCUT2D eigenvalue weighted by Gasteiger charge is 2.22. The Labute approximate surface area is 129 Å². The van der Waals surface area contributed by atoms with Gasteiger partial charge in [-0.15, -0.1) is 0 Å². The zero-order valence-electron chi connectivity index (χ0n) is 13.1. The van der Waals surface area contributed by atoms with Crippen LogP contribution in [0.3, 0.4) is 0 Å². The van der Waals surface area contributed by atoms with Crippen LogP contribution in [-0.2, 0) is 14.4 Å². The second-order valence-electron chi connectivity index (χ2n) is 6.26. The number of carboxylic acids is 1. The smallest absolute Gasteiger partial charge is 0.330 e. The SMILES string of the molecule is CC(C)(C)CC(=O)NCC(=O)N[C@H](C(=O)O)c1ccccc1. The topological polar surface area (TPSA) is 95.5 Å². The van der Waals surface area contributed by atoms with Crippen LogP contribution in [0.5, 0.6) is 0 Å². The Hall–Kier alpha value is -2.37. The number of amides is 2. The molecule has 0 heterocycles. The third-order valence-electron chi connectivity index (χ3n) is 2.82. The van der Waals surface area contributed by atoms with Crippen LogP contribution in [0.15, 0.2) is 30.3 Å². The molecule has 6 heteroatoms. The highest BCUT2D eigenvalue weighted by Crippen LogP contribution is 2.17. The summed E-state index contributed by atoms with van der Waals surface area (Å²) in [7, 11) is 0. The van der Waals surface area contributed by atoms with Gasteiger partial charge in [0.15, 0.2) is 6.04 Å². The van der Waals surface area contributed by atoms with E-state index in [0.29, 0.717) is 12.0 Å². The van der Waals surface area contributed by atoms with Crippen LogP contribution >= 0.6 is 0 Å². The summed E-state index contributed by atoms with van der Waals surface area (Å²) in [4.78, 5) is 34.7. The lowest BCUT2D eigenvalue weighted by molar-refractivity contribution is -0.142. The van der Waals surface area contributed by atoms with Gasteiger partial charge >= 0.3 is 5.97 Å². The predicted octanol–water partition coefficient (Wildman–Crippen LogP) is 1.48.